The van der Waals surface area contributed by atoms with Crippen molar-refractivity contribution in [3.8, 4) is 0 Å². The molecule has 1 nitrogen and oxygen atoms in total. The van der Waals surface area contributed by atoms with Gasteiger partial charge in [0.2, 0.25) is 0 Å². The first-order valence-corrected chi connectivity index (χ1v) is 5.58. The molecule has 1 unspecified atom stereocenters. The largest absolute Gasteiger partial charge is 0.493 e. The molecule has 14 heavy (non-hydrogen) atoms. The molecular formula is C13H20O. The summed E-state index contributed by atoms with van der Waals surface area (Å²) in [5, 5.41) is 0. The van der Waals surface area contributed by atoms with E-state index in [0.717, 1.165) is 18.8 Å². The highest BCUT2D eigenvalue weighted by molar-refractivity contribution is 5.34. The van der Waals surface area contributed by atoms with Gasteiger partial charge in [-0.1, -0.05) is 39.0 Å². The zero-order chi connectivity index (χ0) is 10.4. The molecule has 0 saturated carbocycles. The molecule has 0 aromatic carbocycles. The van der Waals surface area contributed by atoms with E-state index in [-0.39, 0.29) is 0 Å². The van der Waals surface area contributed by atoms with Crippen LogP contribution >= 0.6 is 0 Å². The van der Waals surface area contributed by atoms with Gasteiger partial charge in [0.1, 0.15) is 5.76 Å². The highest BCUT2D eigenvalue weighted by atomic mass is 16.5. The predicted molar refractivity (Wildman–Crippen MR) is 61.0 cm³/mol. The smallest absolute Gasteiger partial charge is 0.122 e. The van der Waals surface area contributed by atoms with Gasteiger partial charge in [0.25, 0.3) is 0 Å². The van der Waals surface area contributed by atoms with Gasteiger partial charge in [-0.2, -0.15) is 0 Å². The van der Waals surface area contributed by atoms with Gasteiger partial charge in [0.15, 0.2) is 0 Å². The summed E-state index contributed by atoms with van der Waals surface area (Å²) in [7, 11) is 0. The fourth-order valence-corrected chi connectivity index (χ4v) is 1.55. The summed E-state index contributed by atoms with van der Waals surface area (Å²) in [6.45, 7) is 7.07. The van der Waals surface area contributed by atoms with E-state index in [1.54, 1.807) is 0 Å². The van der Waals surface area contributed by atoms with Crippen LogP contribution in [0.3, 0.4) is 0 Å². The molecular weight excluding hydrogens is 172 g/mol. The molecule has 1 heterocycles. The molecule has 0 amide bonds. The number of hydrogen-bond acceptors (Lipinski definition) is 1. The number of allylic oxidation sites excluding steroid dienone is 5. The summed E-state index contributed by atoms with van der Waals surface area (Å²) < 4.78 is 5.55. The summed E-state index contributed by atoms with van der Waals surface area (Å²) in [4.78, 5) is 0. The van der Waals surface area contributed by atoms with Gasteiger partial charge in [-0.15, -0.1) is 0 Å². The molecule has 1 atom stereocenters. The van der Waals surface area contributed by atoms with E-state index in [4.69, 9.17) is 4.74 Å². The van der Waals surface area contributed by atoms with Crippen molar-refractivity contribution in [1.29, 1.82) is 0 Å². The molecule has 0 saturated heterocycles. The van der Waals surface area contributed by atoms with Crippen molar-refractivity contribution in [2.75, 3.05) is 6.61 Å². The summed E-state index contributed by atoms with van der Waals surface area (Å²) in [5.74, 6) is 1.63. The second kappa shape index (κ2) is 5.69. The minimum Gasteiger partial charge on any atom is -0.493 e. The Bertz CT molecular complexity index is 232. The van der Waals surface area contributed by atoms with Gasteiger partial charge in [-0.05, 0) is 30.4 Å². The monoisotopic (exact) mass is 192 g/mol. The standard InChI is InChI=1S/C11H14O.C2H6/c1-9-4-6-10-3-2-8-12-11(10)7-5-9;1-2/h4-7,9H,2-3,8H2,1H3;1-2H3. The van der Waals surface area contributed by atoms with E-state index in [2.05, 4.69) is 31.2 Å². The molecule has 1 aliphatic heterocycles. The Morgan fingerprint density at radius 1 is 1.21 bits per heavy atom. The van der Waals surface area contributed by atoms with Crippen LogP contribution in [0.1, 0.15) is 33.6 Å². The number of rotatable bonds is 0. The van der Waals surface area contributed by atoms with Crippen LogP contribution in [0.5, 0.6) is 0 Å². The van der Waals surface area contributed by atoms with Crippen LogP contribution in [-0.2, 0) is 4.74 Å². The normalized spacial score (nSPS) is 24.4. The van der Waals surface area contributed by atoms with Crippen LogP contribution in [0.15, 0.2) is 35.6 Å². The number of hydrogen-bond donors (Lipinski definition) is 0. The van der Waals surface area contributed by atoms with E-state index in [1.807, 2.05) is 13.8 Å². The van der Waals surface area contributed by atoms with Crippen LogP contribution in [0, 0.1) is 5.92 Å². The Kier molecular flexibility index (Phi) is 4.51. The van der Waals surface area contributed by atoms with Gasteiger partial charge in [0.05, 0.1) is 6.61 Å². The Hall–Kier alpha value is -0.980. The molecule has 0 fully saturated rings. The fraction of sp³-hybridized carbons (Fsp3) is 0.538. The molecule has 0 aromatic rings. The first kappa shape index (κ1) is 11.1. The summed E-state index contributed by atoms with van der Waals surface area (Å²) >= 11 is 0. The Morgan fingerprint density at radius 2 is 1.93 bits per heavy atom. The van der Waals surface area contributed by atoms with Crippen molar-refractivity contribution in [2.24, 2.45) is 5.92 Å². The Labute approximate surface area is 87.2 Å². The molecule has 1 heteroatoms. The second-order valence-electron chi connectivity index (χ2n) is 3.42. The zero-order valence-electron chi connectivity index (χ0n) is 9.42. The van der Waals surface area contributed by atoms with Gasteiger partial charge in [-0.25, -0.2) is 0 Å². The quantitative estimate of drug-likeness (QED) is 0.566. The zero-order valence-corrected chi connectivity index (χ0v) is 9.42. The number of ether oxygens (including phenoxy) is 1. The molecule has 2 rings (SSSR count). The van der Waals surface area contributed by atoms with Crippen molar-refractivity contribution in [2.45, 2.75) is 33.6 Å². The molecule has 0 bridgehead atoms. The van der Waals surface area contributed by atoms with E-state index < -0.39 is 0 Å². The molecule has 1 aliphatic carbocycles. The van der Waals surface area contributed by atoms with Gasteiger partial charge in [0, 0.05) is 0 Å². The maximum absolute atomic E-state index is 5.55. The SMILES string of the molecule is CC.CC1C=CC2=C(C=C1)OCCC2. The Morgan fingerprint density at radius 3 is 2.71 bits per heavy atom. The maximum Gasteiger partial charge on any atom is 0.122 e. The summed E-state index contributed by atoms with van der Waals surface area (Å²) in [5.41, 5.74) is 1.36. The first-order valence-electron chi connectivity index (χ1n) is 5.58. The predicted octanol–water partition coefficient (Wildman–Crippen LogP) is 3.84. The molecule has 2 aliphatic rings. The lowest BCUT2D eigenvalue weighted by atomic mass is 10.1. The van der Waals surface area contributed by atoms with E-state index in [1.165, 1.54) is 12.0 Å². The van der Waals surface area contributed by atoms with E-state index in [9.17, 15) is 0 Å². The van der Waals surface area contributed by atoms with Crippen molar-refractivity contribution >= 4 is 0 Å². The van der Waals surface area contributed by atoms with Crippen molar-refractivity contribution in [1.82, 2.24) is 0 Å². The third-order valence-electron chi connectivity index (χ3n) is 2.32. The molecule has 78 valence electrons. The first-order chi connectivity index (χ1) is 6.86. The minimum absolute atomic E-state index is 0.541. The van der Waals surface area contributed by atoms with Crippen molar-refractivity contribution in [3.63, 3.8) is 0 Å². The van der Waals surface area contributed by atoms with E-state index in [0.29, 0.717) is 5.92 Å². The van der Waals surface area contributed by atoms with Gasteiger partial charge in [-0.3, -0.25) is 0 Å². The van der Waals surface area contributed by atoms with Crippen molar-refractivity contribution < 1.29 is 4.74 Å². The van der Waals surface area contributed by atoms with Crippen LogP contribution in [0.4, 0.5) is 0 Å². The fourth-order valence-electron chi connectivity index (χ4n) is 1.55. The molecule has 0 spiro atoms. The summed E-state index contributed by atoms with van der Waals surface area (Å²) in [6.07, 6.45) is 11.1. The topological polar surface area (TPSA) is 9.23 Å². The average Bonchev–Trinajstić information content (AvgIpc) is 2.45. The van der Waals surface area contributed by atoms with Crippen LogP contribution < -0.4 is 0 Å². The molecule has 0 aromatic heterocycles. The highest BCUT2D eigenvalue weighted by Crippen LogP contribution is 2.24. The van der Waals surface area contributed by atoms with Gasteiger partial charge < -0.3 is 4.74 Å². The maximum atomic E-state index is 5.55. The van der Waals surface area contributed by atoms with Crippen LogP contribution in [0.25, 0.3) is 0 Å². The summed E-state index contributed by atoms with van der Waals surface area (Å²) in [6, 6.07) is 0. The lowest BCUT2D eigenvalue weighted by Gasteiger charge is -2.16. The Balaban J connectivity index is 0.000000461. The lowest BCUT2D eigenvalue weighted by Crippen LogP contribution is -2.03. The van der Waals surface area contributed by atoms with Crippen LogP contribution in [0.2, 0.25) is 0 Å². The lowest BCUT2D eigenvalue weighted by molar-refractivity contribution is 0.201. The molecule has 0 radical (unpaired) electrons. The minimum atomic E-state index is 0.541. The van der Waals surface area contributed by atoms with Gasteiger partial charge >= 0.3 is 0 Å². The third-order valence-corrected chi connectivity index (χ3v) is 2.32. The van der Waals surface area contributed by atoms with Crippen molar-refractivity contribution in [3.05, 3.63) is 35.6 Å². The van der Waals surface area contributed by atoms with Crippen LogP contribution in [-0.4, -0.2) is 6.61 Å². The second-order valence-corrected chi connectivity index (χ2v) is 3.42. The third kappa shape index (κ3) is 2.76. The highest BCUT2D eigenvalue weighted by Gasteiger charge is 2.11. The average molecular weight is 192 g/mol. The van der Waals surface area contributed by atoms with E-state index >= 15 is 0 Å². The molecule has 0 N–H and O–H groups in total.